The number of hydrogen-bond acceptors (Lipinski definition) is 3. The molecular weight excluding hydrogens is 276 g/mol. The van der Waals surface area contributed by atoms with Crippen molar-refractivity contribution in [2.24, 2.45) is 0 Å². The van der Waals surface area contributed by atoms with Gasteiger partial charge in [-0.2, -0.15) is 0 Å². The van der Waals surface area contributed by atoms with E-state index in [2.05, 4.69) is 6.92 Å². The molecule has 0 saturated heterocycles. The second-order valence-electron chi connectivity index (χ2n) is 4.56. The molecule has 0 atom stereocenters. The van der Waals surface area contributed by atoms with E-state index in [1.807, 2.05) is 24.3 Å². The van der Waals surface area contributed by atoms with E-state index in [9.17, 15) is 0 Å². The number of aryl methyl sites for hydroxylation is 1. The summed E-state index contributed by atoms with van der Waals surface area (Å²) >= 11 is 6.16. The van der Waals surface area contributed by atoms with Crippen LogP contribution in [-0.4, -0.2) is 14.2 Å². The lowest BCUT2D eigenvalue weighted by Crippen LogP contribution is -1.90. The molecule has 0 spiro atoms. The van der Waals surface area contributed by atoms with Crippen molar-refractivity contribution in [3.8, 4) is 22.8 Å². The van der Waals surface area contributed by atoms with Crippen molar-refractivity contribution in [1.82, 2.24) is 0 Å². The summed E-state index contributed by atoms with van der Waals surface area (Å²) in [6, 6.07) is 7.69. The zero-order chi connectivity index (χ0) is 14.5. The predicted octanol–water partition coefficient (Wildman–Crippen LogP) is 4.96. The topological polar surface area (TPSA) is 31.6 Å². The monoisotopic (exact) mass is 294 g/mol. The molecule has 3 nitrogen and oxygen atoms in total. The van der Waals surface area contributed by atoms with Crippen LogP contribution < -0.4 is 9.47 Å². The Bertz CT molecular complexity index is 550. The number of furan rings is 1. The average Bonchev–Trinajstić information content (AvgIpc) is 2.94. The Morgan fingerprint density at radius 3 is 2.30 bits per heavy atom. The maximum absolute atomic E-state index is 6.16. The lowest BCUT2D eigenvalue weighted by molar-refractivity contribution is 0.394. The van der Waals surface area contributed by atoms with Crippen LogP contribution in [0.15, 0.2) is 28.7 Å². The zero-order valence-electron chi connectivity index (χ0n) is 12.0. The Morgan fingerprint density at radius 1 is 1.10 bits per heavy atom. The van der Waals surface area contributed by atoms with Gasteiger partial charge in [-0.05, 0) is 30.7 Å². The molecule has 0 fully saturated rings. The van der Waals surface area contributed by atoms with Gasteiger partial charge in [-0.25, -0.2) is 0 Å². The standard InChI is InChI=1S/C16H19ClO3/c1-4-5-6-12-7-8-13(20-12)11-9-14(18-2)16(17)15(10-11)19-3/h7-10H,4-6H2,1-3H3. The van der Waals surface area contributed by atoms with Gasteiger partial charge in [-0.15, -0.1) is 0 Å². The molecule has 0 radical (unpaired) electrons. The molecule has 0 aliphatic rings. The van der Waals surface area contributed by atoms with Crippen molar-refractivity contribution in [3.05, 3.63) is 35.0 Å². The highest BCUT2D eigenvalue weighted by Crippen LogP contribution is 2.39. The summed E-state index contributed by atoms with van der Waals surface area (Å²) in [5.41, 5.74) is 0.894. The van der Waals surface area contributed by atoms with Crippen LogP contribution in [0, 0.1) is 0 Å². The van der Waals surface area contributed by atoms with Gasteiger partial charge in [0.15, 0.2) is 0 Å². The van der Waals surface area contributed by atoms with Gasteiger partial charge in [0.2, 0.25) is 0 Å². The number of methoxy groups -OCH3 is 2. The van der Waals surface area contributed by atoms with Crippen LogP contribution >= 0.6 is 11.6 Å². The molecule has 2 rings (SSSR count). The van der Waals surface area contributed by atoms with Crippen molar-refractivity contribution >= 4 is 11.6 Å². The second kappa shape index (κ2) is 6.71. The molecule has 0 aliphatic carbocycles. The van der Waals surface area contributed by atoms with Crippen LogP contribution in [0.4, 0.5) is 0 Å². The molecule has 2 aromatic rings. The molecule has 4 heteroatoms. The molecule has 0 unspecified atom stereocenters. The molecule has 1 aromatic carbocycles. The Balaban J connectivity index is 2.34. The van der Waals surface area contributed by atoms with Gasteiger partial charge in [0.05, 0.1) is 14.2 Å². The van der Waals surface area contributed by atoms with Gasteiger partial charge in [0, 0.05) is 12.0 Å². The number of benzene rings is 1. The molecule has 1 heterocycles. The van der Waals surface area contributed by atoms with Gasteiger partial charge >= 0.3 is 0 Å². The third-order valence-corrected chi connectivity index (χ3v) is 3.54. The summed E-state index contributed by atoms with van der Waals surface area (Å²) in [5, 5.41) is 0.469. The molecule has 0 saturated carbocycles. The quantitative estimate of drug-likeness (QED) is 0.754. The molecule has 20 heavy (non-hydrogen) atoms. The third-order valence-electron chi connectivity index (χ3n) is 3.17. The minimum absolute atomic E-state index is 0.469. The van der Waals surface area contributed by atoms with Crippen molar-refractivity contribution in [2.45, 2.75) is 26.2 Å². The van der Waals surface area contributed by atoms with Crippen LogP contribution in [0.2, 0.25) is 5.02 Å². The largest absolute Gasteiger partial charge is 0.495 e. The van der Waals surface area contributed by atoms with Crippen molar-refractivity contribution in [3.63, 3.8) is 0 Å². The fraction of sp³-hybridized carbons (Fsp3) is 0.375. The number of unbranched alkanes of at least 4 members (excludes halogenated alkanes) is 1. The van der Waals surface area contributed by atoms with E-state index < -0.39 is 0 Å². The van der Waals surface area contributed by atoms with E-state index >= 15 is 0 Å². The first kappa shape index (κ1) is 14.8. The second-order valence-corrected chi connectivity index (χ2v) is 4.94. The van der Waals surface area contributed by atoms with Crippen molar-refractivity contribution in [2.75, 3.05) is 14.2 Å². The first-order valence-corrected chi connectivity index (χ1v) is 7.08. The van der Waals surface area contributed by atoms with E-state index in [4.69, 9.17) is 25.5 Å². The molecule has 0 aliphatic heterocycles. The smallest absolute Gasteiger partial charge is 0.141 e. The van der Waals surface area contributed by atoms with Gasteiger partial charge in [0.25, 0.3) is 0 Å². The lowest BCUT2D eigenvalue weighted by Gasteiger charge is -2.10. The van der Waals surface area contributed by atoms with E-state index in [0.717, 1.165) is 36.3 Å². The minimum atomic E-state index is 0.469. The van der Waals surface area contributed by atoms with Crippen LogP contribution in [0.1, 0.15) is 25.5 Å². The Labute approximate surface area is 124 Å². The van der Waals surface area contributed by atoms with E-state index in [1.54, 1.807) is 14.2 Å². The normalized spacial score (nSPS) is 10.6. The third kappa shape index (κ3) is 3.10. The molecule has 1 aromatic heterocycles. The molecular formula is C16H19ClO3. The average molecular weight is 295 g/mol. The SMILES string of the molecule is CCCCc1ccc(-c2cc(OC)c(Cl)c(OC)c2)o1. The van der Waals surface area contributed by atoms with E-state index in [0.29, 0.717) is 16.5 Å². The summed E-state index contributed by atoms with van der Waals surface area (Å²) < 4.78 is 16.4. The van der Waals surface area contributed by atoms with Gasteiger partial charge in [-0.1, -0.05) is 24.9 Å². The highest BCUT2D eigenvalue weighted by Gasteiger charge is 2.13. The Morgan fingerprint density at radius 2 is 1.75 bits per heavy atom. The maximum Gasteiger partial charge on any atom is 0.141 e. The number of rotatable bonds is 6. The predicted molar refractivity (Wildman–Crippen MR) is 80.9 cm³/mol. The first-order valence-electron chi connectivity index (χ1n) is 6.70. The maximum atomic E-state index is 6.16. The van der Waals surface area contributed by atoms with Gasteiger partial charge < -0.3 is 13.9 Å². The number of hydrogen-bond donors (Lipinski definition) is 0. The molecule has 0 bridgehead atoms. The van der Waals surface area contributed by atoms with Crippen LogP contribution in [-0.2, 0) is 6.42 Å². The van der Waals surface area contributed by atoms with Crippen LogP contribution in [0.5, 0.6) is 11.5 Å². The zero-order valence-corrected chi connectivity index (χ0v) is 12.8. The highest BCUT2D eigenvalue weighted by atomic mass is 35.5. The fourth-order valence-corrected chi connectivity index (χ4v) is 2.29. The van der Waals surface area contributed by atoms with Crippen molar-refractivity contribution < 1.29 is 13.9 Å². The first-order chi connectivity index (χ1) is 9.69. The van der Waals surface area contributed by atoms with Crippen molar-refractivity contribution in [1.29, 1.82) is 0 Å². The highest BCUT2D eigenvalue weighted by molar-refractivity contribution is 6.33. The Hall–Kier alpha value is -1.61. The summed E-state index contributed by atoms with van der Waals surface area (Å²) in [4.78, 5) is 0. The van der Waals surface area contributed by atoms with Gasteiger partial charge in [0.1, 0.15) is 28.0 Å². The van der Waals surface area contributed by atoms with Crippen LogP contribution in [0.25, 0.3) is 11.3 Å². The lowest BCUT2D eigenvalue weighted by atomic mass is 10.1. The molecule has 0 amide bonds. The fourth-order valence-electron chi connectivity index (χ4n) is 2.03. The summed E-state index contributed by atoms with van der Waals surface area (Å²) in [5.74, 6) is 2.94. The Kier molecular flexibility index (Phi) is 4.96. The number of halogens is 1. The van der Waals surface area contributed by atoms with E-state index in [-0.39, 0.29) is 0 Å². The van der Waals surface area contributed by atoms with Crippen LogP contribution in [0.3, 0.4) is 0 Å². The summed E-state index contributed by atoms with van der Waals surface area (Å²) in [6.45, 7) is 2.17. The minimum Gasteiger partial charge on any atom is -0.495 e. The number of ether oxygens (including phenoxy) is 2. The summed E-state index contributed by atoms with van der Waals surface area (Å²) in [6.07, 6.45) is 3.23. The summed E-state index contributed by atoms with van der Waals surface area (Å²) in [7, 11) is 3.17. The molecule has 0 N–H and O–H groups in total. The molecule has 108 valence electrons. The van der Waals surface area contributed by atoms with Gasteiger partial charge in [-0.3, -0.25) is 0 Å². The van der Waals surface area contributed by atoms with E-state index in [1.165, 1.54) is 0 Å².